The van der Waals surface area contributed by atoms with Crippen LogP contribution in [-0.2, 0) is 0 Å². The van der Waals surface area contributed by atoms with E-state index in [0.29, 0.717) is 19.5 Å². The molecule has 0 amide bonds. The lowest BCUT2D eigenvalue weighted by Crippen LogP contribution is -2.31. The average molecular weight is 200 g/mol. The van der Waals surface area contributed by atoms with Crippen LogP contribution in [0.2, 0.25) is 0 Å². The van der Waals surface area contributed by atoms with Gasteiger partial charge in [0.15, 0.2) is 0 Å². The van der Waals surface area contributed by atoms with Crippen LogP contribution in [0.5, 0.6) is 0 Å². The molecule has 2 rings (SSSR count). The Morgan fingerprint density at radius 3 is 2.58 bits per heavy atom. The van der Waals surface area contributed by atoms with Gasteiger partial charge in [0.1, 0.15) is 0 Å². The molecule has 0 spiro atoms. The van der Waals surface area contributed by atoms with Crippen molar-refractivity contribution in [1.82, 2.24) is 5.32 Å². The molecule has 1 saturated heterocycles. The van der Waals surface area contributed by atoms with E-state index in [9.17, 15) is 8.78 Å². The summed E-state index contributed by atoms with van der Waals surface area (Å²) in [4.78, 5) is 0. The summed E-state index contributed by atoms with van der Waals surface area (Å²) < 4.78 is 25.9. The van der Waals surface area contributed by atoms with Crippen molar-refractivity contribution in [2.75, 3.05) is 19.7 Å². The van der Waals surface area contributed by atoms with Gasteiger partial charge < -0.3 is 10.4 Å². The summed E-state index contributed by atoms with van der Waals surface area (Å²) in [5, 5.41) is 11.7. The maximum Gasteiger partial charge on any atom is 0.261 e. The Balaban J connectivity index is 0.000000720. The molecule has 0 aromatic carbocycles. The molecule has 1 saturated carbocycles. The van der Waals surface area contributed by atoms with Crippen molar-refractivity contribution in [2.24, 2.45) is 11.3 Å². The van der Waals surface area contributed by atoms with Crippen molar-refractivity contribution in [2.45, 2.75) is 12.3 Å². The Hall–Kier alpha value is 0.0700. The highest BCUT2D eigenvalue weighted by Crippen LogP contribution is 2.68. The first-order valence-corrected chi connectivity index (χ1v) is 3.84. The SMILES string of the molecule is Cl.OCC12CCNCC1C2(F)F. The van der Waals surface area contributed by atoms with E-state index in [-0.39, 0.29) is 19.0 Å². The van der Waals surface area contributed by atoms with Crippen LogP contribution in [-0.4, -0.2) is 30.7 Å². The summed E-state index contributed by atoms with van der Waals surface area (Å²) in [5.41, 5.74) is -1.06. The summed E-state index contributed by atoms with van der Waals surface area (Å²) in [5.74, 6) is -3.24. The van der Waals surface area contributed by atoms with Gasteiger partial charge in [0.25, 0.3) is 5.92 Å². The number of nitrogens with one attached hydrogen (secondary N) is 1. The predicted octanol–water partition coefficient (Wildman–Crippen LogP) is 0.645. The van der Waals surface area contributed by atoms with Crippen molar-refractivity contribution in [1.29, 1.82) is 0 Å². The van der Waals surface area contributed by atoms with E-state index < -0.39 is 17.3 Å². The first-order valence-electron chi connectivity index (χ1n) is 3.84. The van der Waals surface area contributed by atoms with Crippen molar-refractivity contribution in [3.63, 3.8) is 0 Å². The monoisotopic (exact) mass is 199 g/mol. The molecule has 0 bridgehead atoms. The zero-order valence-corrected chi connectivity index (χ0v) is 7.33. The summed E-state index contributed by atoms with van der Waals surface area (Å²) in [7, 11) is 0. The molecule has 72 valence electrons. The highest BCUT2D eigenvalue weighted by Gasteiger charge is 2.80. The molecule has 0 radical (unpaired) electrons. The average Bonchev–Trinajstić information content (AvgIpc) is 2.52. The second kappa shape index (κ2) is 2.79. The predicted molar refractivity (Wildman–Crippen MR) is 42.7 cm³/mol. The molecule has 12 heavy (non-hydrogen) atoms. The molecule has 2 nitrogen and oxygen atoms in total. The Morgan fingerprint density at radius 2 is 2.17 bits per heavy atom. The van der Waals surface area contributed by atoms with Crippen LogP contribution in [0, 0.1) is 11.3 Å². The summed E-state index contributed by atoms with van der Waals surface area (Å²) in [6, 6.07) is 0. The van der Waals surface area contributed by atoms with Crippen LogP contribution in [0.4, 0.5) is 8.78 Å². The molecule has 2 fully saturated rings. The third-order valence-corrected chi connectivity index (χ3v) is 3.06. The fraction of sp³-hybridized carbons (Fsp3) is 1.00. The first-order chi connectivity index (χ1) is 5.15. The van der Waals surface area contributed by atoms with Gasteiger partial charge in [-0.15, -0.1) is 12.4 Å². The maximum absolute atomic E-state index is 13.0. The lowest BCUT2D eigenvalue weighted by atomic mass is 9.97. The lowest BCUT2D eigenvalue weighted by Gasteiger charge is -2.17. The molecular weight excluding hydrogens is 188 g/mol. The quantitative estimate of drug-likeness (QED) is 0.650. The number of aliphatic hydroxyl groups is 1. The van der Waals surface area contributed by atoms with Gasteiger partial charge in [-0.1, -0.05) is 0 Å². The van der Waals surface area contributed by atoms with E-state index in [2.05, 4.69) is 5.32 Å². The normalized spacial score (nSPS) is 42.8. The first kappa shape index (κ1) is 10.2. The van der Waals surface area contributed by atoms with Crippen LogP contribution in [0.25, 0.3) is 0 Å². The minimum absolute atomic E-state index is 0. The number of rotatable bonds is 1. The van der Waals surface area contributed by atoms with Gasteiger partial charge in [-0.25, -0.2) is 8.78 Å². The number of hydrogen-bond donors (Lipinski definition) is 2. The van der Waals surface area contributed by atoms with Gasteiger partial charge in [0.2, 0.25) is 0 Å². The zero-order chi connectivity index (χ0) is 8.11. The van der Waals surface area contributed by atoms with Gasteiger partial charge in [0, 0.05) is 12.5 Å². The Kier molecular flexibility index (Phi) is 2.36. The molecule has 0 aromatic heterocycles. The topological polar surface area (TPSA) is 32.3 Å². The van der Waals surface area contributed by atoms with Crippen molar-refractivity contribution in [3.05, 3.63) is 0 Å². The van der Waals surface area contributed by atoms with E-state index in [0.717, 1.165) is 0 Å². The van der Waals surface area contributed by atoms with Crippen LogP contribution in [0.15, 0.2) is 0 Å². The Labute approximate surface area is 75.7 Å². The molecule has 0 aromatic rings. The van der Waals surface area contributed by atoms with Crippen LogP contribution >= 0.6 is 12.4 Å². The molecule has 2 atom stereocenters. The second-order valence-corrected chi connectivity index (χ2v) is 3.44. The van der Waals surface area contributed by atoms with Gasteiger partial charge in [-0.2, -0.15) is 0 Å². The Morgan fingerprint density at radius 1 is 1.50 bits per heavy atom. The molecule has 1 heterocycles. The number of aliphatic hydroxyl groups excluding tert-OH is 1. The third-order valence-electron chi connectivity index (χ3n) is 3.06. The summed E-state index contributed by atoms with van der Waals surface area (Å²) >= 11 is 0. The van der Waals surface area contributed by atoms with Crippen molar-refractivity contribution >= 4 is 12.4 Å². The molecule has 2 aliphatic rings. The standard InChI is InChI=1S/C7H11F2NO.ClH/c8-7(9)5-3-10-2-1-6(5,7)4-11;/h5,10-11H,1-4H2;1H. The van der Waals surface area contributed by atoms with Gasteiger partial charge in [-0.3, -0.25) is 0 Å². The van der Waals surface area contributed by atoms with Gasteiger partial charge in [0.05, 0.1) is 12.0 Å². The molecule has 2 unspecified atom stereocenters. The molecule has 1 aliphatic carbocycles. The fourth-order valence-electron chi connectivity index (χ4n) is 2.11. The highest BCUT2D eigenvalue weighted by atomic mass is 35.5. The smallest absolute Gasteiger partial charge is 0.261 e. The van der Waals surface area contributed by atoms with Crippen molar-refractivity contribution < 1.29 is 13.9 Å². The number of fused-ring (bicyclic) bond motifs is 1. The second-order valence-electron chi connectivity index (χ2n) is 3.44. The highest BCUT2D eigenvalue weighted by molar-refractivity contribution is 5.85. The van der Waals surface area contributed by atoms with Gasteiger partial charge in [-0.05, 0) is 13.0 Å². The largest absolute Gasteiger partial charge is 0.396 e. The summed E-state index contributed by atoms with van der Waals surface area (Å²) in [6.45, 7) is 0.590. The molecule has 1 aliphatic heterocycles. The van der Waals surface area contributed by atoms with Crippen LogP contribution in [0.3, 0.4) is 0 Å². The van der Waals surface area contributed by atoms with E-state index >= 15 is 0 Å². The Bertz CT molecular complexity index is 190. The van der Waals surface area contributed by atoms with E-state index in [1.165, 1.54) is 0 Å². The van der Waals surface area contributed by atoms with E-state index in [4.69, 9.17) is 5.11 Å². The fourth-order valence-corrected chi connectivity index (χ4v) is 2.11. The lowest BCUT2D eigenvalue weighted by molar-refractivity contribution is 0.0333. The minimum Gasteiger partial charge on any atom is -0.396 e. The maximum atomic E-state index is 13.0. The van der Waals surface area contributed by atoms with Crippen LogP contribution < -0.4 is 5.32 Å². The number of piperidine rings is 1. The van der Waals surface area contributed by atoms with Crippen molar-refractivity contribution in [3.8, 4) is 0 Å². The molecule has 2 N–H and O–H groups in total. The zero-order valence-electron chi connectivity index (χ0n) is 6.52. The number of halogens is 3. The minimum atomic E-state index is -2.62. The number of alkyl halides is 2. The molecular formula is C7H12ClF2NO. The van der Waals surface area contributed by atoms with E-state index in [1.807, 2.05) is 0 Å². The summed E-state index contributed by atoms with van der Waals surface area (Å²) in [6.07, 6.45) is 0.404. The van der Waals surface area contributed by atoms with Gasteiger partial charge >= 0.3 is 0 Å². The third kappa shape index (κ3) is 0.916. The molecule has 5 heteroatoms. The number of hydrogen-bond acceptors (Lipinski definition) is 2. The van der Waals surface area contributed by atoms with Crippen LogP contribution in [0.1, 0.15) is 6.42 Å². The van der Waals surface area contributed by atoms with E-state index in [1.54, 1.807) is 0 Å².